The first-order chi connectivity index (χ1) is 13.5. The van der Waals surface area contributed by atoms with Gasteiger partial charge in [0.1, 0.15) is 11.5 Å². The summed E-state index contributed by atoms with van der Waals surface area (Å²) >= 11 is 3.42. The van der Waals surface area contributed by atoms with E-state index < -0.39 is 0 Å². The maximum Gasteiger partial charge on any atom is 0.274 e. The fraction of sp³-hybridized carbons (Fsp3) is 0.500. The van der Waals surface area contributed by atoms with E-state index in [2.05, 4.69) is 49.0 Å². The predicted molar refractivity (Wildman–Crippen MR) is 125 cm³/mol. The Labute approximate surface area is 186 Å². The Bertz CT molecular complexity index is 887. The zero-order valence-corrected chi connectivity index (χ0v) is 19.4. The van der Waals surface area contributed by atoms with Gasteiger partial charge in [-0.25, -0.2) is 4.98 Å². The quantitative estimate of drug-likeness (QED) is 0.708. The van der Waals surface area contributed by atoms with E-state index in [9.17, 15) is 4.79 Å². The van der Waals surface area contributed by atoms with Crippen molar-refractivity contribution in [2.24, 2.45) is 7.05 Å². The lowest BCUT2D eigenvalue weighted by molar-refractivity contribution is -0.0698. The third kappa shape index (κ3) is 4.79. The highest BCUT2D eigenvalue weighted by atomic mass is 79.9. The van der Waals surface area contributed by atoms with E-state index >= 15 is 0 Å². The number of hydrogen-bond donors (Lipinski definition) is 1. The van der Waals surface area contributed by atoms with Crippen molar-refractivity contribution in [1.29, 1.82) is 0 Å². The lowest BCUT2D eigenvalue weighted by Gasteiger charge is -2.47. The number of anilines is 3. The average molecular weight is 482 g/mol. The molecule has 1 N–H and O–H groups in total. The SMILES string of the molecule is CC[C@H]1CN(C2COC2)CCN1c1ccc(Nc2cc(Br)cn(C)c2=O)nc1.S. The highest BCUT2D eigenvalue weighted by Crippen LogP contribution is 2.25. The van der Waals surface area contributed by atoms with Crippen molar-refractivity contribution in [3.63, 3.8) is 0 Å². The lowest BCUT2D eigenvalue weighted by Crippen LogP contribution is -2.60. The predicted octanol–water partition coefficient (Wildman–Crippen LogP) is 2.70. The number of aryl methyl sites for hydroxylation is 1. The summed E-state index contributed by atoms with van der Waals surface area (Å²) in [5.41, 5.74) is 1.54. The number of halogens is 1. The van der Waals surface area contributed by atoms with Crippen molar-refractivity contribution in [1.82, 2.24) is 14.5 Å². The molecule has 2 aliphatic rings. The van der Waals surface area contributed by atoms with Crippen LogP contribution in [0, 0.1) is 0 Å². The molecule has 0 saturated carbocycles. The molecule has 2 aromatic rings. The van der Waals surface area contributed by atoms with Crippen LogP contribution in [0.5, 0.6) is 0 Å². The van der Waals surface area contributed by atoms with Crippen LogP contribution in [0.25, 0.3) is 0 Å². The Kier molecular flexibility index (Phi) is 7.26. The lowest BCUT2D eigenvalue weighted by atomic mass is 10.1. The average Bonchev–Trinajstić information content (AvgIpc) is 2.65. The number of hydrogen-bond acceptors (Lipinski definition) is 6. The number of nitrogens with one attached hydrogen (secondary N) is 1. The van der Waals surface area contributed by atoms with Crippen molar-refractivity contribution in [2.75, 3.05) is 43.1 Å². The molecular formula is C20H28BrN5O2S. The fourth-order valence-electron chi connectivity index (χ4n) is 3.86. The largest absolute Gasteiger partial charge is 0.378 e. The molecule has 0 unspecified atom stereocenters. The van der Waals surface area contributed by atoms with Gasteiger partial charge in [0.05, 0.1) is 31.1 Å². The van der Waals surface area contributed by atoms with E-state index in [-0.39, 0.29) is 19.1 Å². The van der Waals surface area contributed by atoms with Crippen molar-refractivity contribution < 1.29 is 4.74 Å². The monoisotopic (exact) mass is 481 g/mol. The van der Waals surface area contributed by atoms with E-state index in [4.69, 9.17) is 4.74 Å². The summed E-state index contributed by atoms with van der Waals surface area (Å²) in [7, 11) is 1.73. The van der Waals surface area contributed by atoms with Crippen LogP contribution >= 0.6 is 29.4 Å². The minimum Gasteiger partial charge on any atom is -0.378 e. The zero-order chi connectivity index (χ0) is 19.7. The van der Waals surface area contributed by atoms with Crippen LogP contribution in [0.3, 0.4) is 0 Å². The Hall–Kier alpha value is -1.55. The molecule has 0 amide bonds. The number of nitrogens with zero attached hydrogens (tertiary/aromatic N) is 4. The molecule has 0 spiro atoms. The summed E-state index contributed by atoms with van der Waals surface area (Å²) in [6, 6.07) is 6.87. The van der Waals surface area contributed by atoms with Crippen LogP contribution in [-0.4, -0.2) is 59.4 Å². The van der Waals surface area contributed by atoms with Crippen LogP contribution in [0.4, 0.5) is 17.2 Å². The number of pyridine rings is 2. The normalized spacial score (nSPS) is 20.1. The molecule has 4 rings (SSSR count). The summed E-state index contributed by atoms with van der Waals surface area (Å²) in [5.74, 6) is 0.664. The molecule has 2 saturated heterocycles. The van der Waals surface area contributed by atoms with E-state index in [0.717, 1.165) is 49.4 Å². The molecule has 4 heterocycles. The van der Waals surface area contributed by atoms with Gasteiger partial charge >= 0.3 is 0 Å². The Morgan fingerprint density at radius 2 is 2.10 bits per heavy atom. The maximum absolute atomic E-state index is 12.3. The van der Waals surface area contributed by atoms with Crippen molar-refractivity contribution in [3.05, 3.63) is 45.4 Å². The van der Waals surface area contributed by atoms with Crippen LogP contribution in [0.1, 0.15) is 13.3 Å². The number of piperazine rings is 1. The molecule has 2 fully saturated rings. The Morgan fingerprint density at radius 1 is 1.31 bits per heavy atom. The highest BCUT2D eigenvalue weighted by Gasteiger charge is 2.33. The molecular weight excluding hydrogens is 454 g/mol. The van der Waals surface area contributed by atoms with Crippen LogP contribution in [0.15, 0.2) is 39.9 Å². The molecule has 0 bridgehead atoms. The molecule has 9 heteroatoms. The van der Waals surface area contributed by atoms with E-state index in [1.54, 1.807) is 23.9 Å². The maximum atomic E-state index is 12.3. The molecule has 1 atom stereocenters. The van der Waals surface area contributed by atoms with Gasteiger partial charge in [-0.15, -0.1) is 0 Å². The first kappa shape index (κ1) is 22.1. The molecule has 0 radical (unpaired) electrons. The number of ether oxygens (including phenoxy) is 1. The first-order valence-electron chi connectivity index (χ1n) is 9.73. The molecule has 29 heavy (non-hydrogen) atoms. The number of aromatic nitrogens is 2. The summed E-state index contributed by atoms with van der Waals surface area (Å²) in [6.45, 7) is 7.10. The van der Waals surface area contributed by atoms with Crippen molar-refractivity contribution in [2.45, 2.75) is 25.4 Å². The summed E-state index contributed by atoms with van der Waals surface area (Å²) in [5, 5.41) is 3.13. The van der Waals surface area contributed by atoms with Crippen molar-refractivity contribution in [3.8, 4) is 0 Å². The standard InChI is InChI=1S/C20H26BrN5O2.H2S/c1-3-15-11-25(17-12-28-13-17)6-7-26(15)16-4-5-19(22-9-16)23-18-8-14(21)10-24(2)20(18)27;/h4-5,8-10,15,17H,3,6-7,11-13H2,1-2H3,(H,22,23);1H2/t15-;/m0./s1. The Balaban J connectivity index is 0.00000240. The summed E-state index contributed by atoms with van der Waals surface area (Å²) in [4.78, 5) is 21.8. The highest BCUT2D eigenvalue weighted by molar-refractivity contribution is 9.10. The van der Waals surface area contributed by atoms with Gasteiger partial charge in [-0.05, 0) is 40.5 Å². The van der Waals surface area contributed by atoms with Gasteiger partial charge in [-0.2, -0.15) is 13.5 Å². The minimum absolute atomic E-state index is 0. The third-order valence-electron chi connectivity index (χ3n) is 5.61. The molecule has 0 aliphatic carbocycles. The van der Waals surface area contributed by atoms with Gasteiger partial charge in [0.25, 0.3) is 5.56 Å². The van der Waals surface area contributed by atoms with Crippen LogP contribution < -0.4 is 15.8 Å². The molecule has 2 aliphatic heterocycles. The molecule has 2 aromatic heterocycles. The van der Waals surface area contributed by atoms with Gasteiger partial charge in [0, 0.05) is 43.4 Å². The second-order valence-electron chi connectivity index (χ2n) is 7.46. The topological polar surface area (TPSA) is 62.6 Å². The zero-order valence-electron chi connectivity index (χ0n) is 16.8. The van der Waals surface area contributed by atoms with Gasteiger partial charge in [0.2, 0.25) is 0 Å². The van der Waals surface area contributed by atoms with Gasteiger partial charge < -0.3 is 19.5 Å². The molecule has 158 valence electrons. The van der Waals surface area contributed by atoms with Gasteiger partial charge in [-0.1, -0.05) is 6.92 Å². The van der Waals surface area contributed by atoms with Gasteiger partial charge in [-0.3, -0.25) is 9.69 Å². The minimum atomic E-state index is -0.0868. The third-order valence-corrected chi connectivity index (χ3v) is 6.05. The smallest absolute Gasteiger partial charge is 0.274 e. The first-order valence-corrected chi connectivity index (χ1v) is 10.5. The molecule has 0 aromatic carbocycles. The summed E-state index contributed by atoms with van der Waals surface area (Å²) in [6.07, 6.45) is 4.73. The second-order valence-corrected chi connectivity index (χ2v) is 8.37. The van der Waals surface area contributed by atoms with E-state index in [1.807, 2.05) is 12.3 Å². The van der Waals surface area contributed by atoms with Crippen LogP contribution in [-0.2, 0) is 11.8 Å². The van der Waals surface area contributed by atoms with Gasteiger partial charge in [0.15, 0.2) is 0 Å². The second kappa shape index (κ2) is 9.51. The Morgan fingerprint density at radius 3 is 2.72 bits per heavy atom. The van der Waals surface area contributed by atoms with Crippen LogP contribution in [0.2, 0.25) is 0 Å². The fourth-order valence-corrected chi connectivity index (χ4v) is 4.40. The van der Waals surface area contributed by atoms with E-state index in [0.29, 0.717) is 23.6 Å². The van der Waals surface area contributed by atoms with E-state index in [1.165, 1.54) is 0 Å². The van der Waals surface area contributed by atoms with Crippen molar-refractivity contribution >= 4 is 46.6 Å². The number of rotatable bonds is 5. The molecule has 7 nitrogen and oxygen atoms in total. The summed E-state index contributed by atoms with van der Waals surface area (Å²) < 4.78 is 7.74.